The van der Waals surface area contributed by atoms with Gasteiger partial charge in [-0.3, -0.25) is 9.59 Å². The fourth-order valence-corrected chi connectivity index (χ4v) is 2.77. The summed E-state index contributed by atoms with van der Waals surface area (Å²) in [6.45, 7) is 1.96. The monoisotopic (exact) mass is 346 g/mol. The molecule has 6 heteroatoms. The minimum absolute atomic E-state index is 0.0509. The van der Waals surface area contributed by atoms with Crippen molar-refractivity contribution in [2.75, 3.05) is 24.7 Å². The van der Waals surface area contributed by atoms with Crippen molar-refractivity contribution >= 4 is 29.3 Å². The second-order valence-corrected chi connectivity index (χ2v) is 6.46. The first-order chi connectivity index (χ1) is 11.4. The van der Waals surface area contributed by atoms with Crippen LogP contribution < -0.4 is 5.32 Å². The van der Waals surface area contributed by atoms with E-state index >= 15 is 0 Å². The lowest BCUT2D eigenvalue weighted by Crippen LogP contribution is -2.35. The summed E-state index contributed by atoms with van der Waals surface area (Å²) in [5.74, 6) is -0.551. The molecule has 0 saturated carbocycles. The Morgan fingerprint density at radius 1 is 1.08 bits per heavy atom. The number of hydrogen-bond donors (Lipinski definition) is 1. The zero-order chi connectivity index (χ0) is 17.5. The Balaban J connectivity index is 1.78. The molecule has 0 aliphatic rings. The van der Waals surface area contributed by atoms with Crippen molar-refractivity contribution in [3.05, 3.63) is 59.9 Å². The normalized spacial score (nSPS) is 10.3. The lowest BCUT2D eigenvalue weighted by Gasteiger charge is -2.16. The molecule has 0 radical (unpaired) electrons. The molecule has 0 aromatic heterocycles. The van der Waals surface area contributed by atoms with Gasteiger partial charge in [-0.25, -0.2) is 4.39 Å². The topological polar surface area (TPSA) is 49.4 Å². The predicted molar refractivity (Wildman–Crippen MR) is 94.6 cm³/mol. The zero-order valence-electron chi connectivity index (χ0n) is 13.6. The highest BCUT2D eigenvalue weighted by molar-refractivity contribution is 8.00. The number of anilines is 1. The number of carbonyl (C=O) groups is 2. The summed E-state index contributed by atoms with van der Waals surface area (Å²) in [6.07, 6.45) is 0. The lowest BCUT2D eigenvalue weighted by atomic mass is 10.2. The number of nitrogens with one attached hydrogen (secondary N) is 1. The minimum Gasteiger partial charge on any atom is -0.336 e. The Morgan fingerprint density at radius 3 is 2.33 bits per heavy atom. The number of halogens is 1. The molecule has 0 heterocycles. The van der Waals surface area contributed by atoms with Crippen LogP contribution in [0.25, 0.3) is 0 Å². The van der Waals surface area contributed by atoms with Crippen LogP contribution in [0.3, 0.4) is 0 Å². The molecule has 126 valence electrons. The summed E-state index contributed by atoms with van der Waals surface area (Å²) >= 11 is 1.43. The fraction of sp³-hybridized carbons (Fsp3) is 0.222. The van der Waals surface area contributed by atoms with Crippen molar-refractivity contribution in [1.82, 2.24) is 4.90 Å². The maximum atomic E-state index is 12.8. The number of amides is 2. The number of hydrogen-bond acceptors (Lipinski definition) is 3. The largest absolute Gasteiger partial charge is 0.336 e. The van der Waals surface area contributed by atoms with Gasteiger partial charge in [0.05, 0.1) is 12.3 Å². The van der Waals surface area contributed by atoms with Gasteiger partial charge >= 0.3 is 0 Å². The average molecular weight is 346 g/mol. The summed E-state index contributed by atoms with van der Waals surface area (Å²) in [7, 11) is 1.59. The van der Waals surface area contributed by atoms with Crippen LogP contribution in [0.2, 0.25) is 0 Å². The Bertz CT molecular complexity index is 702. The molecule has 0 bridgehead atoms. The van der Waals surface area contributed by atoms with Gasteiger partial charge in [-0.05, 0) is 43.3 Å². The van der Waals surface area contributed by atoms with Crippen LogP contribution in [0.4, 0.5) is 10.1 Å². The third kappa shape index (κ3) is 5.70. The van der Waals surface area contributed by atoms with E-state index in [1.165, 1.54) is 46.5 Å². The molecule has 0 aliphatic heterocycles. The molecule has 0 fully saturated rings. The van der Waals surface area contributed by atoms with E-state index in [4.69, 9.17) is 0 Å². The molecule has 24 heavy (non-hydrogen) atoms. The lowest BCUT2D eigenvalue weighted by molar-refractivity contribution is -0.131. The summed E-state index contributed by atoms with van der Waals surface area (Å²) in [5, 5.41) is 2.63. The molecule has 2 aromatic rings. The summed E-state index contributed by atoms with van der Waals surface area (Å²) < 4.78 is 12.8. The van der Waals surface area contributed by atoms with Crippen LogP contribution >= 0.6 is 11.8 Å². The molecule has 0 aliphatic carbocycles. The highest BCUT2D eigenvalue weighted by Gasteiger charge is 2.13. The van der Waals surface area contributed by atoms with Crippen molar-refractivity contribution in [3.63, 3.8) is 0 Å². The number of rotatable bonds is 6. The SMILES string of the molecule is Cc1ccc(SCC(=O)N(C)CC(=O)Nc2ccc(F)cc2)cc1. The van der Waals surface area contributed by atoms with Crippen LogP contribution in [0, 0.1) is 12.7 Å². The molecule has 1 N–H and O–H groups in total. The second-order valence-electron chi connectivity index (χ2n) is 5.41. The number of benzene rings is 2. The van der Waals surface area contributed by atoms with Crippen molar-refractivity contribution in [2.45, 2.75) is 11.8 Å². The Morgan fingerprint density at radius 2 is 1.71 bits per heavy atom. The van der Waals surface area contributed by atoms with Gasteiger partial charge < -0.3 is 10.2 Å². The van der Waals surface area contributed by atoms with Gasteiger partial charge in [0.25, 0.3) is 0 Å². The molecule has 4 nitrogen and oxygen atoms in total. The highest BCUT2D eigenvalue weighted by atomic mass is 32.2. The van der Waals surface area contributed by atoms with E-state index < -0.39 is 0 Å². The van der Waals surface area contributed by atoms with Crippen LogP contribution in [0.5, 0.6) is 0 Å². The van der Waals surface area contributed by atoms with Crippen molar-refractivity contribution in [1.29, 1.82) is 0 Å². The molecule has 2 rings (SSSR count). The molecule has 0 atom stereocenters. The number of nitrogens with zero attached hydrogens (tertiary/aromatic N) is 1. The standard InChI is InChI=1S/C18H19FN2O2S/c1-13-3-9-16(10-4-13)24-12-18(23)21(2)11-17(22)20-15-7-5-14(19)6-8-15/h3-10H,11-12H2,1-2H3,(H,20,22). The first-order valence-corrected chi connectivity index (χ1v) is 8.41. The quantitative estimate of drug-likeness (QED) is 0.816. The van der Waals surface area contributed by atoms with Gasteiger partial charge in [0.2, 0.25) is 11.8 Å². The van der Waals surface area contributed by atoms with Gasteiger partial charge in [0, 0.05) is 17.6 Å². The van der Waals surface area contributed by atoms with E-state index in [9.17, 15) is 14.0 Å². The number of thioether (sulfide) groups is 1. The molecule has 0 spiro atoms. The second kappa shape index (κ2) is 8.49. The summed E-state index contributed by atoms with van der Waals surface area (Å²) in [6, 6.07) is 13.4. The highest BCUT2D eigenvalue weighted by Crippen LogP contribution is 2.18. The van der Waals surface area contributed by atoms with Gasteiger partial charge in [-0.2, -0.15) is 0 Å². The third-order valence-electron chi connectivity index (χ3n) is 3.32. The molecule has 0 unspecified atom stereocenters. The predicted octanol–water partition coefficient (Wildman–Crippen LogP) is 3.32. The maximum absolute atomic E-state index is 12.8. The Hall–Kier alpha value is -2.34. The maximum Gasteiger partial charge on any atom is 0.243 e. The minimum atomic E-state index is -0.367. The van der Waals surface area contributed by atoms with Crippen LogP contribution in [0.1, 0.15) is 5.56 Å². The first-order valence-electron chi connectivity index (χ1n) is 7.43. The van der Waals surface area contributed by atoms with Crippen molar-refractivity contribution in [2.24, 2.45) is 0 Å². The van der Waals surface area contributed by atoms with E-state index in [0.717, 1.165) is 4.90 Å². The van der Waals surface area contributed by atoms with Gasteiger partial charge in [0.1, 0.15) is 5.82 Å². The van der Waals surface area contributed by atoms with E-state index in [1.54, 1.807) is 7.05 Å². The van der Waals surface area contributed by atoms with E-state index in [1.807, 2.05) is 31.2 Å². The molecule has 0 saturated heterocycles. The molecular formula is C18H19FN2O2S. The number of aryl methyl sites for hydroxylation is 1. The van der Waals surface area contributed by atoms with Gasteiger partial charge in [-0.15, -0.1) is 11.8 Å². The molecule has 2 amide bonds. The number of likely N-dealkylation sites (N-methyl/N-ethyl adjacent to an activating group) is 1. The smallest absolute Gasteiger partial charge is 0.243 e. The van der Waals surface area contributed by atoms with Gasteiger partial charge in [-0.1, -0.05) is 17.7 Å². The Labute approximate surface area is 145 Å². The summed E-state index contributed by atoms with van der Waals surface area (Å²) in [5.41, 5.74) is 1.66. The molecule has 2 aromatic carbocycles. The zero-order valence-corrected chi connectivity index (χ0v) is 14.4. The first kappa shape index (κ1) is 18.0. The van der Waals surface area contributed by atoms with Crippen molar-refractivity contribution in [3.8, 4) is 0 Å². The van der Waals surface area contributed by atoms with Crippen LogP contribution in [-0.2, 0) is 9.59 Å². The average Bonchev–Trinajstić information content (AvgIpc) is 2.56. The fourth-order valence-electron chi connectivity index (χ4n) is 1.93. The Kier molecular flexibility index (Phi) is 6.37. The third-order valence-corrected chi connectivity index (χ3v) is 4.31. The van der Waals surface area contributed by atoms with E-state index in [0.29, 0.717) is 5.69 Å². The molecular weight excluding hydrogens is 327 g/mol. The van der Waals surface area contributed by atoms with Gasteiger partial charge in [0.15, 0.2) is 0 Å². The van der Waals surface area contributed by atoms with Crippen LogP contribution in [0.15, 0.2) is 53.4 Å². The van der Waals surface area contributed by atoms with Crippen molar-refractivity contribution < 1.29 is 14.0 Å². The number of carbonyl (C=O) groups excluding carboxylic acids is 2. The van der Waals surface area contributed by atoms with E-state index in [-0.39, 0.29) is 29.9 Å². The van der Waals surface area contributed by atoms with Crippen LogP contribution in [-0.4, -0.2) is 36.1 Å². The van der Waals surface area contributed by atoms with E-state index in [2.05, 4.69) is 5.32 Å². The summed E-state index contributed by atoms with van der Waals surface area (Å²) in [4.78, 5) is 26.4.